The monoisotopic (exact) mass is 423 g/mol. The van der Waals surface area contributed by atoms with Crippen LogP contribution < -0.4 is 0 Å². The van der Waals surface area contributed by atoms with Crippen LogP contribution in [0.2, 0.25) is 0 Å². The van der Waals surface area contributed by atoms with E-state index in [4.69, 9.17) is 17.9 Å². The number of aromatic nitrogens is 3. The standard InChI is InChI=1S/C18H13N7O2S2/c1-5-28-18-25-24-17(29-18)23-22-14-12(13(19-2)15(20-3)21-14)10-8-6-7-9-11(10)16(26)27-4/h6-9,21H,5H2,1,4H3/b23-22+. The molecule has 0 aliphatic rings. The number of nitrogens with one attached hydrogen (secondary N) is 1. The third-order valence-electron chi connectivity index (χ3n) is 3.66. The average molecular weight is 423 g/mol. The second kappa shape index (κ2) is 9.10. The second-order valence-corrected chi connectivity index (χ2v) is 7.76. The second-order valence-electron chi connectivity index (χ2n) is 5.29. The lowest BCUT2D eigenvalue weighted by Gasteiger charge is -2.07. The van der Waals surface area contributed by atoms with E-state index < -0.39 is 5.97 Å². The van der Waals surface area contributed by atoms with Gasteiger partial charge in [0.15, 0.2) is 4.34 Å². The van der Waals surface area contributed by atoms with Gasteiger partial charge in [0, 0.05) is 5.56 Å². The molecule has 11 heteroatoms. The van der Waals surface area contributed by atoms with Crippen LogP contribution in [0.15, 0.2) is 38.8 Å². The first-order chi connectivity index (χ1) is 14.1. The van der Waals surface area contributed by atoms with Crippen molar-refractivity contribution in [2.24, 2.45) is 10.2 Å². The Morgan fingerprint density at radius 1 is 1.28 bits per heavy atom. The normalized spacial score (nSPS) is 10.6. The first-order valence-corrected chi connectivity index (χ1v) is 9.99. The van der Waals surface area contributed by atoms with Crippen molar-refractivity contribution in [2.45, 2.75) is 11.3 Å². The van der Waals surface area contributed by atoms with Crippen molar-refractivity contribution >= 4 is 51.5 Å². The number of H-pyrrole nitrogens is 1. The molecule has 2 aromatic heterocycles. The molecule has 0 aliphatic carbocycles. The maximum absolute atomic E-state index is 12.2. The van der Waals surface area contributed by atoms with Crippen LogP contribution in [-0.2, 0) is 4.74 Å². The molecular weight excluding hydrogens is 410 g/mol. The molecule has 3 rings (SSSR count). The average Bonchev–Trinajstić information content (AvgIpc) is 3.35. The molecule has 0 amide bonds. The van der Waals surface area contributed by atoms with Crippen molar-refractivity contribution in [3.8, 4) is 11.1 Å². The van der Waals surface area contributed by atoms with E-state index in [9.17, 15) is 4.79 Å². The molecule has 0 fully saturated rings. The van der Waals surface area contributed by atoms with Gasteiger partial charge in [-0.2, -0.15) is 0 Å². The van der Waals surface area contributed by atoms with Gasteiger partial charge in [0.25, 0.3) is 5.13 Å². The molecule has 1 N–H and O–H groups in total. The highest BCUT2D eigenvalue weighted by Crippen LogP contribution is 2.47. The Balaban J connectivity index is 2.14. The number of rotatable bonds is 6. The van der Waals surface area contributed by atoms with Gasteiger partial charge in [0.2, 0.25) is 17.3 Å². The Morgan fingerprint density at radius 2 is 2.07 bits per heavy atom. The fraction of sp³-hybridized carbons (Fsp3) is 0.167. The maximum atomic E-state index is 12.2. The number of nitrogens with zero attached hydrogens (tertiary/aromatic N) is 6. The van der Waals surface area contributed by atoms with Crippen molar-refractivity contribution in [3.05, 3.63) is 52.7 Å². The van der Waals surface area contributed by atoms with Gasteiger partial charge in [-0.05, 0) is 17.4 Å². The van der Waals surface area contributed by atoms with Crippen molar-refractivity contribution in [1.29, 1.82) is 0 Å². The van der Waals surface area contributed by atoms with Gasteiger partial charge < -0.3 is 9.58 Å². The van der Waals surface area contributed by atoms with Gasteiger partial charge in [-0.1, -0.05) is 54.8 Å². The molecule has 0 radical (unpaired) electrons. The molecule has 0 unspecified atom stereocenters. The highest BCUT2D eigenvalue weighted by Gasteiger charge is 2.25. The van der Waals surface area contributed by atoms with Crippen LogP contribution in [0.5, 0.6) is 0 Å². The number of ether oxygens (including phenoxy) is 1. The largest absolute Gasteiger partial charge is 0.465 e. The molecule has 0 saturated heterocycles. The minimum atomic E-state index is -0.560. The van der Waals surface area contributed by atoms with Gasteiger partial charge in [0.05, 0.1) is 19.2 Å². The van der Waals surface area contributed by atoms with Crippen molar-refractivity contribution in [3.63, 3.8) is 0 Å². The van der Waals surface area contributed by atoms with E-state index in [1.54, 1.807) is 36.0 Å². The molecule has 0 aliphatic heterocycles. The van der Waals surface area contributed by atoms with Crippen LogP contribution >= 0.6 is 23.1 Å². The zero-order valence-electron chi connectivity index (χ0n) is 15.3. The van der Waals surface area contributed by atoms with E-state index in [0.717, 1.165) is 10.1 Å². The Bertz CT molecular complexity index is 1170. The molecule has 0 atom stereocenters. The predicted octanol–water partition coefficient (Wildman–Crippen LogP) is 5.95. The number of benzene rings is 1. The summed E-state index contributed by atoms with van der Waals surface area (Å²) in [5.41, 5.74) is 1.04. The van der Waals surface area contributed by atoms with Crippen molar-refractivity contribution in [2.75, 3.05) is 12.9 Å². The summed E-state index contributed by atoms with van der Waals surface area (Å²) in [5, 5.41) is 16.6. The van der Waals surface area contributed by atoms with Gasteiger partial charge in [0.1, 0.15) is 0 Å². The number of azo groups is 1. The lowest BCUT2D eigenvalue weighted by atomic mass is 10.00. The van der Waals surface area contributed by atoms with E-state index in [1.807, 2.05) is 6.92 Å². The van der Waals surface area contributed by atoms with Crippen LogP contribution in [0, 0.1) is 13.1 Å². The van der Waals surface area contributed by atoms with Crippen LogP contribution in [0.25, 0.3) is 20.8 Å². The molecule has 3 aromatic rings. The number of hydrogen-bond acceptors (Lipinski definition) is 8. The predicted molar refractivity (Wildman–Crippen MR) is 111 cm³/mol. The van der Waals surface area contributed by atoms with E-state index in [-0.39, 0.29) is 22.9 Å². The summed E-state index contributed by atoms with van der Waals surface area (Å²) in [6, 6.07) is 6.65. The van der Waals surface area contributed by atoms with Crippen LogP contribution in [0.3, 0.4) is 0 Å². The van der Waals surface area contributed by atoms with Crippen molar-refractivity contribution < 1.29 is 9.53 Å². The molecule has 29 heavy (non-hydrogen) atoms. The van der Waals surface area contributed by atoms with Crippen LogP contribution in [-0.4, -0.2) is 34.0 Å². The summed E-state index contributed by atoms with van der Waals surface area (Å²) in [7, 11) is 1.28. The number of esters is 1. The fourth-order valence-corrected chi connectivity index (χ4v) is 4.05. The SMILES string of the molecule is [C-]#[N+]c1[nH]c(/N=N/c2nnc(SCC)s2)c(-c2ccccc2C(=O)OC)c1[N+]#[C-]. The maximum Gasteiger partial charge on any atom is 0.338 e. The summed E-state index contributed by atoms with van der Waals surface area (Å²) in [6.07, 6.45) is 0. The summed E-state index contributed by atoms with van der Waals surface area (Å²) in [6.45, 7) is 16.9. The molecular formula is C18H13N7O2S2. The molecule has 0 bridgehead atoms. The minimum absolute atomic E-state index is 0.0168. The number of methoxy groups -OCH3 is 1. The van der Waals surface area contributed by atoms with Gasteiger partial charge >= 0.3 is 5.97 Å². The third kappa shape index (κ3) is 4.16. The number of carbonyl (C=O) groups excluding carboxylic acids is 1. The zero-order chi connectivity index (χ0) is 20.8. The third-order valence-corrected chi connectivity index (χ3v) is 5.48. The highest BCUT2D eigenvalue weighted by atomic mass is 32.2. The molecule has 0 saturated carbocycles. The number of aromatic amines is 1. The summed E-state index contributed by atoms with van der Waals surface area (Å²) in [4.78, 5) is 21.8. The first-order valence-electron chi connectivity index (χ1n) is 8.19. The number of thioether (sulfide) groups is 1. The molecule has 9 nitrogen and oxygen atoms in total. The van der Waals surface area contributed by atoms with Crippen LogP contribution in [0.1, 0.15) is 17.3 Å². The molecule has 144 valence electrons. The number of carbonyl (C=O) groups is 1. The first kappa shape index (κ1) is 20.2. The highest BCUT2D eigenvalue weighted by molar-refractivity contribution is 8.01. The summed E-state index contributed by atoms with van der Waals surface area (Å²) < 4.78 is 5.61. The van der Waals surface area contributed by atoms with Crippen LogP contribution in [0.4, 0.5) is 22.5 Å². The van der Waals surface area contributed by atoms with E-state index in [2.05, 4.69) is 35.1 Å². The van der Waals surface area contributed by atoms with E-state index >= 15 is 0 Å². The topological polar surface area (TPSA) is 101 Å². The fourth-order valence-electron chi connectivity index (χ4n) is 2.49. The van der Waals surface area contributed by atoms with E-state index in [0.29, 0.717) is 16.3 Å². The summed E-state index contributed by atoms with van der Waals surface area (Å²) >= 11 is 2.83. The Labute approximate surface area is 174 Å². The molecule has 2 heterocycles. The van der Waals surface area contributed by atoms with Gasteiger partial charge in [-0.15, -0.1) is 20.4 Å². The van der Waals surface area contributed by atoms with Gasteiger partial charge in [-0.3, -0.25) is 4.98 Å². The minimum Gasteiger partial charge on any atom is -0.465 e. The molecule has 1 aromatic carbocycles. The quantitative estimate of drug-likeness (QED) is 0.228. The van der Waals surface area contributed by atoms with Gasteiger partial charge in [-0.25, -0.2) is 9.64 Å². The summed E-state index contributed by atoms with van der Waals surface area (Å²) in [5.74, 6) is 0.497. The molecule has 0 spiro atoms. The van der Waals surface area contributed by atoms with E-state index in [1.165, 1.54) is 18.4 Å². The Kier molecular flexibility index (Phi) is 6.34. The lowest BCUT2D eigenvalue weighted by Crippen LogP contribution is -2.03. The zero-order valence-corrected chi connectivity index (χ0v) is 17.0. The lowest BCUT2D eigenvalue weighted by molar-refractivity contribution is 0.0601. The smallest absolute Gasteiger partial charge is 0.338 e. The number of hydrogen-bond donors (Lipinski definition) is 1. The van der Waals surface area contributed by atoms with Crippen molar-refractivity contribution in [1.82, 2.24) is 15.2 Å². The Hall–Kier alpha value is -3.54. The Morgan fingerprint density at radius 3 is 2.76 bits per heavy atom.